The summed E-state index contributed by atoms with van der Waals surface area (Å²) in [7, 11) is -4.17. The van der Waals surface area contributed by atoms with Crippen molar-refractivity contribution in [3.8, 4) is 5.88 Å². The van der Waals surface area contributed by atoms with Gasteiger partial charge < -0.3 is 4.74 Å². The summed E-state index contributed by atoms with van der Waals surface area (Å²) in [6.07, 6.45) is -4.17. The molecule has 1 aromatic heterocycles. The second-order valence-corrected chi connectivity index (χ2v) is 7.82. The molecule has 1 atom stereocenters. The van der Waals surface area contributed by atoms with Crippen LogP contribution in [0.3, 0.4) is 0 Å². The molecule has 27 heavy (non-hydrogen) atoms. The molecule has 5 nitrogen and oxygen atoms in total. The van der Waals surface area contributed by atoms with Gasteiger partial charge in [-0.15, -0.1) is 0 Å². The number of ether oxygens (including phenoxy) is 1. The molecule has 1 aromatic carbocycles. The lowest BCUT2D eigenvalue weighted by Crippen LogP contribution is -2.31. The molecule has 3 rings (SSSR count). The molecule has 0 bridgehead atoms. The largest absolute Gasteiger partial charge is 0.473 e. The second kappa shape index (κ2) is 7.04. The van der Waals surface area contributed by atoms with E-state index in [-0.39, 0.29) is 25.4 Å². The van der Waals surface area contributed by atoms with Crippen molar-refractivity contribution >= 4 is 10.0 Å². The molecule has 1 saturated heterocycles. The van der Waals surface area contributed by atoms with Gasteiger partial charge in [-0.05, 0) is 24.6 Å². The van der Waals surface area contributed by atoms with Gasteiger partial charge in [0.1, 0.15) is 17.7 Å². The number of alkyl halides is 3. The van der Waals surface area contributed by atoms with Gasteiger partial charge in [0.2, 0.25) is 15.9 Å². The Morgan fingerprint density at radius 3 is 2.41 bits per heavy atom. The predicted octanol–water partition coefficient (Wildman–Crippen LogP) is 3.22. The summed E-state index contributed by atoms with van der Waals surface area (Å²) in [4.78, 5) is 3.15. The zero-order valence-electron chi connectivity index (χ0n) is 13.6. The first kappa shape index (κ1) is 19.5. The van der Waals surface area contributed by atoms with Crippen LogP contribution < -0.4 is 4.74 Å². The fourth-order valence-electron chi connectivity index (χ4n) is 2.66. The highest BCUT2D eigenvalue weighted by atomic mass is 32.2. The Hall–Kier alpha value is -2.27. The Kier molecular flexibility index (Phi) is 5.08. The van der Waals surface area contributed by atoms with E-state index in [1.807, 2.05) is 0 Å². The van der Waals surface area contributed by atoms with Crippen LogP contribution in [0.1, 0.15) is 12.0 Å². The standard InChI is InChI=1S/C16H13F5N2O3S/c17-11-6-12(18)8-14(7-11)27(24,25)23-4-2-13(9-23)26-15-5-10(1-3-22-15)16(19,20)21/h1,3,5-8,13H,2,4,9H2. The maximum Gasteiger partial charge on any atom is 0.416 e. The van der Waals surface area contributed by atoms with Crippen molar-refractivity contribution in [3.05, 3.63) is 53.7 Å². The van der Waals surface area contributed by atoms with E-state index in [4.69, 9.17) is 4.74 Å². The highest BCUT2D eigenvalue weighted by Gasteiger charge is 2.35. The first-order valence-corrected chi connectivity index (χ1v) is 9.16. The van der Waals surface area contributed by atoms with Crippen molar-refractivity contribution in [3.63, 3.8) is 0 Å². The van der Waals surface area contributed by atoms with Gasteiger partial charge in [-0.2, -0.15) is 17.5 Å². The van der Waals surface area contributed by atoms with Crippen LogP contribution in [0.15, 0.2) is 41.4 Å². The Bertz CT molecular complexity index is 929. The number of halogens is 5. The van der Waals surface area contributed by atoms with Crippen LogP contribution in [0, 0.1) is 11.6 Å². The smallest absolute Gasteiger partial charge is 0.416 e. The summed E-state index contributed by atoms with van der Waals surface area (Å²) < 4.78 is 96.1. The van der Waals surface area contributed by atoms with Gasteiger partial charge in [0, 0.05) is 24.9 Å². The summed E-state index contributed by atoms with van der Waals surface area (Å²) in [5.41, 5.74) is -0.940. The minimum Gasteiger partial charge on any atom is -0.473 e. The van der Waals surface area contributed by atoms with E-state index >= 15 is 0 Å². The van der Waals surface area contributed by atoms with E-state index in [0.29, 0.717) is 18.2 Å². The van der Waals surface area contributed by atoms with Gasteiger partial charge in [-0.1, -0.05) is 0 Å². The highest BCUT2D eigenvalue weighted by molar-refractivity contribution is 7.89. The van der Waals surface area contributed by atoms with Gasteiger partial charge in [-0.25, -0.2) is 22.2 Å². The monoisotopic (exact) mass is 408 g/mol. The summed E-state index contributed by atoms with van der Waals surface area (Å²) >= 11 is 0. The topological polar surface area (TPSA) is 59.5 Å². The van der Waals surface area contributed by atoms with Crippen LogP contribution in [0.2, 0.25) is 0 Å². The molecule has 0 amide bonds. The van der Waals surface area contributed by atoms with Gasteiger partial charge in [0.15, 0.2) is 0 Å². The number of benzene rings is 1. The van der Waals surface area contributed by atoms with Crippen LogP contribution in [0.5, 0.6) is 5.88 Å². The molecule has 1 aliphatic heterocycles. The molecular weight excluding hydrogens is 395 g/mol. The molecule has 2 heterocycles. The van der Waals surface area contributed by atoms with E-state index < -0.39 is 44.4 Å². The SMILES string of the molecule is O=S(=O)(c1cc(F)cc(F)c1)N1CCC(Oc2cc(C(F)(F)F)ccn2)C1. The van der Waals surface area contributed by atoms with Gasteiger partial charge >= 0.3 is 6.18 Å². The van der Waals surface area contributed by atoms with Crippen LogP contribution >= 0.6 is 0 Å². The third-order valence-electron chi connectivity index (χ3n) is 3.93. The molecule has 1 fully saturated rings. The minimum atomic E-state index is -4.56. The first-order chi connectivity index (χ1) is 12.6. The van der Waals surface area contributed by atoms with Crippen molar-refractivity contribution in [2.45, 2.75) is 23.6 Å². The molecule has 1 unspecified atom stereocenters. The minimum absolute atomic E-state index is 0.00983. The quantitative estimate of drug-likeness (QED) is 0.729. The number of nitrogens with zero attached hydrogens (tertiary/aromatic N) is 2. The number of pyridine rings is 1. The molecule has 1 aliphatic rings. The molecule has 0 radical (unpaired) electrons. The Labute approximate surface area is 151 Å². The van der Waals surface area contributed by atoms with Crippen molar-refractivity contribution in [1.82, 2.24) is 9.29 Å². The number of sulfonamides is 1. The fraction of sp³-hybridized carbons (Fsp3) is 0.312. The van der Waals surface area contributed by atoms with Gasteiger partial charge in [0.25, 0.3) is 0 Å². The van der Waals surface area contributed by atoms with Crippen LogP contribution in [-0.4, -0.2) is 36.9 Å². The van der Waals surface area contributed by atoms with Crippen molar-refractivity contribution in [2.75, 3.05) is 13.1 Å². The number of hydrogen-bond acceptors (Lipinski definition) is 4. The van der Waals surface area contributed by atoms with E-state index in [2.05, 4.69) is 4.98 Å². The molecule has 146 valence electrons. The molecule has 11 heteroatoms. The van der Waals surface area contributed by atoms with Crippen molar-refractivity contribution < 1.29 is 35.1 Å². The molecular formula is C16H13F5N2O3S. The van der Waals surface area contributed by atoms with Gasteiger partial charge in [0.05, 0.1) is 17.0 Å². The Morgan fingerprint density at radius 1 is 1.11 bits per heavy atom. The van der Waals surface area contributed by atoms with E-state index in [1.54, 1.807) is 0 Å². The normalized spacial score (nSPS) is 18.6. The lowest BCUT2D eigenvalue weighted by atomic mass is 10.2. The zero-order chi connectivity index (χ0) is 19.8. The average Bonchev–Trinajstić information content (AvgIpc) is 3.02. The van der Waals surface area contributed by atoms with E-state index in [1.165, 1.54) is 0 Å². The summed E-state index contributed by atoms with van der Waals surface area (Å²) in [6.45, 7) is -0.192. The fourth-order valence-corrected chi connectivity index (χ4v) is 4.19. The summed E-state index contributed by atoms with van der Waals surface area (Å²) in [5, 5.41) is 0. The highest BCUT2D eigenvalue weighted by Crippen LogP contribution is 2.31. The summed E-state index contributed by atoms with van der Waals surface area (Å²) in [5.74, 6) is -2.35. The van der Waals surface area contributed by atoms with E-state index in [0.717, 1.165) is 22.6 Å². The third kappa shape index (κ3) is 4.35. The third-order valence-corrected chi connectivity index (χ3v) is 5.77. The van der Waals surface area contributed by atoms with E-state index in [9.17, 15) is 30.4 Å². The average molecular weight is 408 g/mol. The number of aromatic nitrogens is 1. The van der Waals surface area contributed by atoms with Gasteiger partial charge in [-0.3, -0.25) is 0 Å². The van der Waals surface area contributed by atoms with Crippen LogP contribution in [0.25, 0.3) is 0 Å². The summed E-state index contributed by atoms with van der Waals surface area (Å²) in [6, 6.07) is 3.45. The lowest BCUT2D eigenvalue weighted by Gasteiger charge is -2.17. The number of rotatable bonds is 4. The molecule has 0 saturated carbocycles. The number of hydrogen-bond donors (Lipinski definition) is 0. The lowest BCUT2D eigenvalue weighted by molar-refractivity contribution is -0.137. The Balaban J connectivity index is 1.73. The maximum absolute atomic E-state index is 13.3. The molecule has 2 aromatic rings. The first-order valence-electron chi connectivity index (χ1n) is 7.72. The Morgan fingerprint density at radius 2 is 1.78 bits per heavy atom. The second-order valence-electron chi connectivity index (χ2n) is 5.88. The maximum atomic E-state index is 13.3. The molecule has 0 spiro atoms. The van der Waals surface area contributed by atoms with Crippen molar-refractivity contribution in [1.29, 1.82) is 0 Å². The zero-order valence-corrected chi connectivity index (χ0v) is 14.4. The van der Waals surface area contributed by atoms with Crippen LogP contribution in [-0.2, 0) is 16.2 Å². The predicted molar refractivity (Wildman–Crippen MR) is 83.4 cm³/mol. The van der Waals surface area contributed by atoms with Crippen molar-refractivity contribution in [2.24, 2.45) is 0 Å². The molecule has 0 N–H and O–H groups in total. The van der Waals surface area contributed by atoms with Crippen LogP contribution in [0.4, 0.5) is 22.0 Å². The molecule has 0 aliphatic carbocycles.